The third-order valence-corrected chi connectivity index (χ3v) is 5.76. The second kappa shape index (κ2) is 7.15. The Morgan fingerprint density at radius 1 is 1.28 bits per heavy atom. The first-order valence-electron chi connectivity index (χ1n) is 9.26. The van der Waals surface area contributed by atoms with Crippen LogP contribution in [0.5, 0.6) is 0 Å². The molecule has 1 aromatic rings. The Labute approximate surface area is 148 Å². The van der Waals surface area contributed by atoms with Crippen LogP contribution in [0, 0.1) is 6.92 Å². The Balaban J connectivity index is 1.71. The molecule has 7 nitrogen and oxygen atoms in total. The van der Waals surface area contributed by atoms with E-state index in [1.165, 1.54) is 0 Å². The number of aryl methyl sites for hydroxylation is 1. The molecule has 0 aromatic carbocycles. The molecule has 2 aliphatic rings. The maximum absolute atomic E-state index is 13.0. The van der Waals surface area contributed by atoms with Gasteiger partial charge in [-0.3, -0.25) is 14.4 Å². The third kappa shape index (κ3) is 3.29. The number of carboxylic acid groups (broad SMARTS) is 1. The molecule has 1 N–H and O–H groups in total. The van der Waals surface area contributed by atoms with Crippen molar-refractivity contribution in [1.82, 2.24) is 19.6 Å². The van der Waals surface area contributed by atoms with E-state index < -0.39 is 11.5 Å². The van der Waals surface area contributed by atoms with Crippen LogP contribution in [0.15, 0.2) is 12.4 Å². The lowest BCUT2D eigenvalue weighted by Gasteiger charge is -2.42. The first-order valence-corrected chi connectivity index (χ1v) is 9.26. The number of piperidine rings is 2. The fraction of sp³-hybridized carbons (Fsp3) is 0.722. The van der Waals surface area contributed by atoms with Crippen molar-refractivity contribution in [3.63, 3.8) is 0 Å². The van der Waals surface area contributed by atoms with Crippen molar-refractivity contribution in [3.8, 4) is 0 Å². The Morgan fingerprint density at radius 3 is 2.56 bits per heavy atom. The standard InChI is InChI=1S/C18H28N4O3/c1-3-20-9-5-4-6-15(20)16(23)21-10-7-18(8-11-21,17(24)25)22-13-14(2)12-19-22/h12-13,15H,3-11H2,1-2H3,(H,24,25). The highest BCUT2D eigenvalue weighted by Crippen LogP contribution is 2.31. The summed E-state index contributed by atoms with van der Waals surface area (Å²) in [7, 11) is 0. The Morgan fingerprint density at radius 2 is 2.00 bits per heavy atom. The van der Waals surface area contributed by atoms with Crippen molar-refractivity contribution in [3.05, 3.63) is 18.0 Å². The van der Waals surface area contributed by atoms with Gasteiger partial charge in [0.15, 0.2) is 5.54 Å². The minimum Gasteiger partial charge on any atom is -0.479 e. The molecule has 7 heteroatoms. The van der Waals surface area contributed by atoms with Crippen LogP contribution in [-0.4, -0.2) is 68.8 Å². The summed E-state index contributed by atoms with van der Waals surface area (Å²) < 4.78 is 1.57. The highest BCUT2D eigenvalue weighted by atomic mass is 16.4. The second-order valence-electron chi connectivity index (χ2n) is 7.26. The van der Waals surface area contributed by atoms with Gasteiger partial charge in [-0.05, 0) is 38.4 Å². The normalized spacial score (nSPS) is 24.2. The topological polar surface area (TPSA) is 78.7 Å². The summed E-state index contributed by atoms with van der Waals surface area (Å²) in [5, 5.41) is 14.1. The maximum atomic E-state index is 13.0. The lowest BCUT2D eigenvalue weighted by atomic mass is 9.87. The van der Waals surface area contributed by atoms with Crippen molar-refractivity contribution >= 4 is 11.9 Å². The second-order valence-corrected chi connectivity index (χ2v) is 7.26. The number of likely N-dealkylation sites (tertiary alicyclic amines) is 2. The molecule has 0 saturated carbocycles. The van der Waals surface area contributed by atoms with Crippen LogP contribution in [0.4, 0.5) is 0 Å². The van der Waals surface area contributed by atoms with E-state index in [-0.39, 0.29) is 11.9 Å². The van der Waals surface area contributed by atoms with Crippen LogP contribution in [0.25, 0.3) is 0 Å². The molecule has 2 aliphatic heterocycles. The zero-order chi connectivity index (χ0) is 18.0. The average molecular weight is 348 g/mol. The molecule has 1 unspecified atom stereocenters. The number of carboxylic acids is 1. The van der Waals surface area contributed by atoms with E-state index in [2.05, 4.69) is 16.9 Å². The number of hydrogen-bond donors (Lipinski definition) is 1. The van der Waals surface area contributed by atoms with Gasteiger partial charge in [-0.15, -0.1) is 0 Å². The van der Waals surface area contributed by atoms with E-state index in [0.717, 1.165) is 37.9 Å². The Hall–Kier alpha value is -1.89. The highest BCUT2D eigenvalue weighted by Gasteiger charge is 2.46. The molecule has 1 atom stereocenters. The molecular formula is C18H28N4O3. The van der Waals surface area contributed by atoms with Gasteiger partial charge in [0.1, 0.15) is 0 Å². The number of aromatic nitrogens is 2. The van der Waals surface area contributed by atoms with Gasteiger partial charge in [0.25, 0.3) is 0 Å². The molecule has 1 amide bonds. The number of nitrogens with zero attached hydrogens (tertiary/aromatic N) is 4. The van der Waals surface area contributed by atoms with E-state index in [0.29, 0.717) is 25.9 Å². The van der Waals surface area contributed by atoms with Gasteiger partial charge in [0.05, 0.1) is 12.2 Å². The predicted molar refractivity (Wildman–Crippen MR) is 93.3 cm³/mol. The van der Waals surface area contributed by atoms with E-state index in [4.69, 9.17) is 0 Å². The molecule has 25 heavy (non-hydrogen) atoms. The van der Waals surface area contributed by atoms with E-state index in [1.54, 1.807) is 17.1 Å². The quantitative estimate of drug-likeness (QED) is 0.891. The fourth-order valence-electron chi connectivity index (χ4n) is 4.14. The van der Waals surface area contributed by atoms with Crippen LogP contribution in [0.3, 0.4) is 0 Å². The number of carbonyl (C=O) groups excluding carboxylic acids is 1. The summed E-state index contributed by atoms with van der Waals surface area (Å²) in [6.07, 6.45) is 7.41. The summed E-state index contributed by atoms with van der Waals surface area (Å²) >= 11 is 0. The summed E-state index contributed by atoms with van der Waals surface area (Å²) in [4.78, 5) is 29.1. The van der Waals surface area contributed by atoms with Crippen LogP contribution in [0.2, 0.25) is 0 Å². The summed E-state index contributed by atoms with van der Waals surface area (Å²) in [6.45, 7) is 6.80. The number of amides is 1. The van der Waals surface area contributed by atoms with Crippen LogP contribution >= 0.6 is 0 Å². The molecular weight excluding hydrogens is 320 g/mol. The monoisotopic (exact) mass is 348 g/mol. The minimum absolute atomic E-state index is 0.0389. The third-order valence-electron chi connectivity index (χ3n) is 5.76. The first kappa shape index (κ1) is 17.9. The SMILES string of the molecule is CCN1CCCCC1C(=O)N1CCC(C(=O)O)(n2cc(C)cn2)CC1. The van der Waals surface area contributed by atoms with Crippen molar-refractivity contribution in [2.24, 2.45) is 0 Å². The highest BCUT2D eigenvalue weighted by molar-refractivity contribution is 5.83. The van der Waals surface area contributed by atoms with Gasteiger partial charge in [0, 0.05) is 32.1 Å². The van der Waals surface area contributed by atoms with Gasteiger partial charge < -0.3 is 10.0 Å². The number of hydrogen-bond acceptors (Lipinski definition) is 4. The van der Waals surface area contributed by atoms with E-state index in [9.17, 15) is 14.7 Å². The smallest absolute Gasteiger partial charge is 0.331 e. The molecule has 138 valence electrons. The molecule has 3 heterocycles. The van der Waals surface area contributed by atoms with Gasteiger partial charge in [0.2, 0.25) is 5.91 Å². The van der Waals surface area contributed by atoms with Gasteiger partial charge in [-0.1, -0.05) is 13.3 Å². The largest absolute Gasteiger partial charge is 0.479 e. The van der Waals surface area contributed by atoms with Crippen molar-refractivity contribution in [2.75, 3.05) is 26.2 Å². The molecule has 3 rings (SSSR count). The fourth-order valence-corrected chi connectivity index (χ4v) is 4.14. The summed E-state index contributed by atoms with van der Waals surface area (Å²) in [5.74, 6) is -0.701. The lowest BCUT2D eigenvalue weighted by molar-refractivity contribution is -0.154. The number of rotatable bonds is 4. The van der Waals surface area contributed by atoms with Crippen LogP contribution < -0.4 is 0 Å². The minimum atomic E-state index is -1.04. The molecule has 2 fully saturated rings. The average Bonchev–Trinajstić information content (AvgIpc) is 3.07. The lowest BCUT2D eigenvalue weighted by Crippen LogP contribution is -2.57. The van der Waals surface area contributed by atoms with Gasteiger partial charge in [-0.2, -0.15) is 5.10 Å². The summed E-state index contributed by atoms with van der Waals surface area (Å²) in [6, 6.07) is -0.0389. The number of aliphatic carboxylic acids is 1. The maximum Gasteiger partial charge on any atom is 0.331 e. The molecule has 0 aliphatic carbocycles. The molecule has 1 aromatic heterocycles. The molecule has 0 spiro atoms. The summed E-state index contributed by atoms with van der Waals surface area (Å²) in [5.41, 5.74) is -0.0953. The first-order chi connectivity index (χ1) is 12.0. The van der Waals surface area contributed by atoms with Crippen molar-refractivity contribution in [1.29, 1.82) is 0 Å². The molecule has 0 bridgehead atoms. The number of carbonyl (C=O) groups is 2. The van der Waals surface area contributed by atoms with Gasteiger partial charge in [-0.25, -0.2) is 4.79 Å². The Bertz CT molecular complexity index is 634. The predicted octanol–water partition coefficient (Wildman–Crippen LogP) is 1.47. The van der Waals surface area contributed by atoms with E-state index >= 15 is 0 Å². The number of likely N-dealkylation sites (N-methyl/N-ethyl adjacent to an activating group) is 1. The molecule has 2 saturated heterocycles. The van der Waals surface area contributed by atoms with E-state index in [1.807, 2.05) is 11.8 Å². The Kier molecular flexibility index (Phi) is 5.13. The zero-order valence-electron chi connectivity index (χ0n) is 15.1. The van der Waals surface area contributed by atoms with Crippen molar-refractivity contribution < 1.29 is 14.7 Å². The van der Waals surface area contributed by atoms with Crippen molar-refractivity contribution in [2.45, 2.75) is 57.5 Å². The van der Waals surface area contributed by atoms with Crippen LogP contribution in [0.1, 0.15) is 44.6 Å². The molecule has 0 radical (unpaired) electrons. The van der Waals surface area contributed by atoms with Gasteiger partial charge >= 0.3 is 5.97 Å². The van der Waals surface area contributed by atoms with Crippen LogP contribution in [-0.2, 0) is 15.1 Å². The zero-order valence-corrected chi connectivity index (χ0v) is 15.1.